The van der Waals surface area contributed by atoms with Crippen LogP contribution in [0.15, 0.2) is 36.4 Å². The van der Waals surface area contributed by atoms with Crippen LogP contribution in [-0.2, 0) is 16.1 Å². The second-order valence-electron chi connectivity index (χ2n) is 6.47. The molecule has 6 nitrogen and oxygen atoms in total. The maximum Gasteiger partial charge on any atom is 0.227 e. The van der Waals surface area contributed by atoms with E-state index in [1.54, 1.807) is 0 Å². The van der Waals surface area contributed by atoms with Gasteiger partial charge in [0.05, 0.1) is 25.7 Å². The first-order valence-electron chi connectivity index (χ1n) is 9.17. The number of rotatable bonds is 6. The average Bonchev–Trinajstić information content (AvgIpc) is 2.68. The number of aromatic nitrogens is 2. The van der Waals surface area contributed by atoms with E-state index in [9.17, 15) is 4.79 Å². The summed E-state index contributed by atoms with van der Waals surface area (Å²) in [5, 5.41) is 3.00. The SMILES string of the molecule is CC[C@H](C(=O)NCc1nc(C)cc(N2CCOCC2)n1)c1ccccc1. The Morgan fingerprint density at radius 3 is 2.65 bits per heavy atom. The lowest BCUT2D eigenvalue weighted by Crippen LogP contribution is -2.37. The highest BCUT2D eigenvalue weighted by atomic mass is 16.5. The summed E-state index contributed by atoms with van der Waals surface area (Å²) in [7, 11) is 0. The molecule has 0 saturated carbocycles. The van der Waals surface area contributed by atoms with Gasteiger partial charge >= 0.3 is 0 Å². The quantitative estimate of drug-likeness (QED) is 0.863. The fourth-order valence-corrected chi connectivity index (χ4v) is 3.19. The van der Waals surface area contributed by atoms with E-state index in [1.165, 1.54) is 0 Å². The molecule has 0 spiro atoms. The first-order chi connectivity index (χ1) is 12.7. The third-order valence-corrected chi connectivity index (χ3v) is 4.57. The number of nitrogens with one attached hydrogen (secondary N) is 1. The molecule has 1 saturated heterocycles. The minimum absolute atomic E-state index is 0.0109. The molecule has 2 aromatic rings. The number of amides is 1. The molecule has 1 amide bonds. The molecule has 138 valence electrons. The third kappa shape index (κ3) is 4.58. The molecule has 1 aliphatic rings. The van der Waals surface area contributed by atoms with E-state index in [1.807, 2.05) is 50.2 Å². The zero-order valence-electron chi connectivity index (χ0n) is 15.4. The Morgan fingerprint density at radius 2 is 1.96 bits per heavy atom. The number of ether oxygens (including phenoxy) is 1. The number of morpholine rings is 1. The molecule has 3 rings (SSSR count). The number of benzene rings is 1. The maximum atomic E-state index is 12.6. The smallest absolute Gasteiger partial charge is 0.227 e. The van der Waals surface area contributed by atoms with E-state index in [0.29, 0.717) is 25.6 Å². The summed E-state index contributed by atoms with van der Waals surface area (Å²) in [6.45, 7) is 7.39. The van der Waals surface area contributed by atoms with E-state index in [-0.39, 0.29) is 11.8 Å². The minimum Gasteiger partial charge on any atom is -0.378 e. The summed E-state index contributed by atoms with van der Waals surface area (Å²) in [5.41, 5.74) is 1.94. The topological polar surface area (TPSA) is 67.4 Å². The van der Waals surface area contributed by atoms with E-state index >= 15 is 0 Å². The highest BCUT2D eigenvalue weighted by molar-refractivity contribution is 5.83. The van der Waals surface area contributed by atoms with Crippen molar-refractivity contribution in [1.82, 2.24) is 15.3 Å². The molecule has 1 atom stereocenters. The van der Waals surface area contributed by atoms with Gasteiger partial charge in [-0.3, -0.25) is 4.79 Å². The third-order valence-electron chi connectivity index (χ3n) is 4.57. The molecule has 1 N–H and O–H groups in total. The summed E-state index contributed by atoms with van der Waals surface area (Å²) in [4.78, 5) is 23.9. The van der Waals surface area contributed by atoms with Crippen LogP contribution in [0.4, 0.5) is 5.82 Å². The largest absolute Gasteiger partial charge is 0.378 e. The van der Waals surface area contributed by atoms with E-state index in [4.69, 9.17) is 4.74 Å². The zero-order valence-corrected chi connectivity index (χ0v) is 15.4. The van der Waals surface area contributed by atoms with Crippen LogP contribution >= 0.6 is 0 Å². The normalized spacial score (nSPS) is 15.5. The van der Waals surface area contributed by atoms with Gasteiger partial charge in [0, 0.05) is 24.8 Å². The van der Waals surface area contributed by atoms with Gasteiger partial charge in [0.15, 0.2) is 0 Å². The Kier molecular flexibility index (Phi) is 6.17. The fraction of sp³-hybridized carbons (Fsp3) is 0.450. The Bertz CT molecular complexity index is 730. The summed E-state index contributed by atoms with van der Waals surface area (Å²) < 4.78 is 5.40. The van der Waals surface area contributed by atoms with E-state index < -0.39 is 0 Å². The molecule has 1 aromatic heterocycles. The monoisotopic (exact) mass is 354 g/mol. The molecule has 1 aromatic carbocycles. The fourth-order valence-electron chi connectivity index (χ4n) is 3.19. The molecule has 2 heterocycles. The van der Waals surface area contributed by atoms with Crippen molar-refractivity contribution in [3.63, 3.8) is 0 Å². The predicted octanol–water partition coefficient (Wildman–Crippen LogP) is 2.43. The van der Waals surface area contributed by atoms with Crippen LogP contribution in [0.5, 0.6) is 0 Å². The van der Waals surface area contributed by atoms with Crippen molar-refractivity contribution in [2.75, 3.05) is 31.2 Å². The van der Waals surface area contributed by atoms with Gasteiger partial charge in [0.1, 0.15) is 11.6 Å². The standard InChI is InChI=1S/C20H26N4O2/c1-3-17(16-7-5-4-6-8-16)20(25)21-14-18-22-15(2)13-19(23-18)24-9-11-26-12-10-24/h4-8,13,17H,3,9-12,14H2,1-2H3,(H,21,25)/t17-/m0/s1. The van der Waals surface area contributed by atoms with Gasteiger partial charge in [-0.15, -0.1) is 0 Å². The van der Waals surface area contributed by atoms with Gasteiger partial charge in [0.25, 0.3) is 0 Å². The Morgan fingerprint density at radius 1 is 1.23 bits per heavy atom. The molecule has 26 heavy (non-hydrogen) atoms. The van der Waals surface area contributed by atoms with Gasteiger partial charge in [-0.25, -0.2) is 9.97 Å². The van der Waals surface area contributed by atoms with Crippen molar-refractivity contribution in [2.45, 2.75) is 32.7 Å². The summed E-state index contributed by atoms with van der Waals surface area (Å²) in [6, 6.07) is 11.9. The number of hydrogen-bond acceptors (Lipinski definition) is 5. The summed E-state index contributed by atoms with van der Waals surface area (Å²) >= 11 is 0. The van der Waals surface area contributed by atoms with Crippen LogP contribution in [-0.4, -0.2) is 42.2 Å². The van der Waals surface area contributed by atoms with Crippen molar-refractivity contribution in [3.05, 3.63) is 53.5 Å². The predicted molar refractivity (Wildman–Crippen MR) is 101 cm³/mol. The first-order valence-corrected chi connectivity index (χ1v) is 9.17. The number of anilines is 1. The van der Waals surface area contributed by atoms with Crippen LogP contribution in [0, 0.1) is 6.92 Å². The van der Waals surface area contributed by atoms with Gasteiger partial charge in [-0.2, -0.15) is 0 Å². The van der Waals surface area contributed by atoms with Gasteiger partial charge in [-0.05, 0) is 18.9 Å². The van der Waals surface area contributed by atoms with Crippen molar-refractivity contribution >= 4 is 11.7 Å². The second kappa shape index (κ2) is 8.76. The number of carbonyl (C=O) groups excluding carboxylic acids is 1. The molecular formula is C20H26N4O2. The molecule has 0 aliphatic carbocycles. The van der Waals surface area contributed by atoms with Crippen LogP contribution < -0.4 is 10.2 Å². The molecule has 1 fully saturated rings. The maximum absolute atomic E-state index is 12.6. The lowest BCUT2D eigenvalue weighted by molar-refractivity contribution is -0.122. The number of carbonyl (C=O) groups is 1. The minimum atomic E-state index is -0.153. The molecule has 0 radical (unpaired) electrons. The Balaban J connectivity index is 1.66. The van der Waals surface area contributed by atoms with Gasteiger partial charge < -0.3 is 15.0 Å². The van der Waals surface area contributed by atoms with Gasteiger partial charge in [0.2, 0.25) is 5.91 Å². The highest BCUT2D eigenvalue weighted by Gasteiger charge is 2.19. The molecular weight excluding hydrogens is 328 g/mol. The Hall–Kier alpha value is -2.47. The molecule has 0 unspecified atom stereocenters. The van der Waals surface area contributed by atoms with E-state index in [0.717, 1.165) is 36.6 Å². The van der Waals surface area contributed by atoms with Crippen molar-refractivity contribution < 1.29 is 9.53 Å². The van der Waals surface area contributed by atoms with Crippen LogP contribution in [0.25, 0.3) is 0 Å². The number of aryl methyl sites for hydroxylation is 1. The zero-order chi connectivity index (χ0) is 18.4. The summed E-state index contributed by atoms with van der Waals surface area (Å²) in [5.74, 6) is 1.40. The average molecular weight is 354 g/mol. The lowest BCUT2D eigenvalue weighted by atomic mass is 9.96. The first kappa shape index (κ1) is 18.3. The van der Waals surface area contributed by atoms with Gasteiger partial charge in [-0.1, -0.05) is 37.3 Å². The highest BCUT2D eigenvalue weighted by Crippen LogP contribution is 2.19. The van der Waals surface area contributed by atoms with Crippen LogP contribution in [0.2, 0.25) is 0 Å². The number of hydrogen-bond donors (Lipinski definition) is 1. The van der Waals surface area contributed by atoms with Crippen LogP contribution in [0.3, 0.4) is 0 Å². The molecule has 6 heteroatoms. The number of nitrogens with zero attached hydrogens (tertiary/aromatic N) is 3. The van der Waals surface area contributed by atoms with Crippen molar-refractivity contribution in [3.8, 4) is 0 Å². The van der Waals surface area contributed by atoms with Crippen LogP contribution in [0.1, 0.15) is 36.3 Å². The van der Waals surface area contributed by atoms with E-state index in [2.05, 4.69) is 20.2 Å². The van der Waals surface area contributed by atoms with Crippen molar-refractivity contribution in [2.24, 2.45) is 0 Å². The molecule has 0 bridgehead atoms. The Labute approximate surface area is 154 Å². The second-order valence-corrected chi connectivity index (χ2v) is 6.47. The summed E-state index contributed by atoms with van der Waals surface area (Å²) in [6.07, 6.45) is 0.754. The van der Waals surface area contributed by atoms with Crippen molar-refractivity contribution in [1.29, 1.82) is 0 Å². The lowest BCUT2D eigenvalue weighted by Gasteiger charge is -2.28. The molecule has 1 aliphatic heterocycles.